The number of aromatic nitrogens is 4. The lowest BCUT2D eigenvalue weighted by molar-refractivity contribution is -0.0335. The molecule has 152 valence electrons. The third kappa shape index (κ3) is 3.46. The first kappa shape index (κ1) is 18.8. The van der Waals surface area contributed by atoms with Crippen LogP contribution in [0, 0.1) is 0 Å². The summed E-state index contributed by atoms with van der Waals surface area (Å²) in [5.41, 5.74) is 0.999. The highest BCUT2D eigenvalue weighted by atomic mass is 16.6. The molecule has 0 spiro atoms. The number of aliphatic hydroxyl groups excluding tert-OH is 2. The third-order valence-electron chi connectivity index (χ3n) is 4.93. The van der Waals surface area contributed by atoms with Crippen molar-refractivity contribution in [3.8, 4) is 0 Å². The number of carbonyl (C=O) groups is 1. The molecule has 2 aromatic rings. The zero-order valence-corrected chi connectivity index (χ0v) is 15.3. The lowest BCUT2D eigenvalue weighted by Gasteiger charge is -2.17. The van der Waals surface area contributed by atoms with E-state index in [0.29, 0.717) is 30.2 Å². The van der Waals surface area contributed by atoms with Gasteiger partial charge in [-0.1, -0.05) is 0 Å². The number of nitrogens with one attached hydrogen (secondary N) is 3. The number of fused-ring (bicyclic) bond motifs is 1. The molecule has 2 aromatic heterocycles. The fourth-order valence-corrected chi connectivity index (χ4v) is 3.39. The summed E-state index contributed by atoms with van der Waals surface area (Å²) in [6.07, 6.45) is -0.272. The third-order valence-corrected chi connectivity index (χ3v) is 4.93. The highest BCUT2D eigenvalue weighted by Gasteiger charge is 2.44. The molecule has 12 nitrogen and oxygen atoms in total. The van der Waals surface area contributed by atoms with Crippen LogP contribution in [-0.2, 0) is 9.47 Å². The molecule has 0 bridgehead atoms. The Hall–Kier alpha value is -2.54. The molecule has 0 unspecified atom stereocenters. The van der Waals surface area contributed by atoms with Crippen LogP contribution in [0.4, 0.5) is 10.6 Å². The Morgan fingerprint density at radius 3 is 2.93 bits per heavy atom. The predicted molar refractivity (Wildman–Crippen MR) is 96.6 cm³/mol. The smallest absolute Gasteiger partial charge is 0.314 e. The van der Waals surface area contributed by atoms with Crippen LogP contribution < -0.4 is 16.0 Å². The van der Waals surface area contributed by atoms with Crippen molar-refractivity contribution in [2.75, 3.05) is 32.1 Å². The van der Waals surface area contributed by atoms with E-state index in [-0.39, 0.29) is 12.6 Å². The number of ether oxygens (including phenoxy) is 2. The van der Waals surface area contributed by atoms with Gasteiger partial charge in [-0.2, -0.15) is 0 Å². The van der Waals surface area contributed by atoms with Crippen molar-refractivity contribution in [1.82, 2.24) is 30.2 Å². The lowest BCUT2D eigenvalue weighted by atomic mass is 10.1. The zero-order valence-electron chi connectivity index (χ0n) is 15.3. The second-order valence-corrected chi connectivity index (χ2v) is 6.76. The maximum atomic E-state index is 11.4. The summed E-state index contributed by atoms with van der Waals surface area (Å²) >= 11 is 0. The second kappa shape index (κ2) is 7.83. The molecule has 2 aliphatic heterocycles. The summed E-state index contributed by atoms with van der Waals surface area (Å²) in [6.45, 7) is 1.35. The second-order valence-electron chi connectivity index (χ2n) is 6.76. The van der Waals surface area contributed by atoms with Gasteiger partial charge >= 0.3 is 6.03 Å². The largest absolute Gasteiger partial charge is 0.387 e. The number of hydrogen-bond donors (Lipinski definition) is 5. The molecule has 5 N–H and O–H groups in total. The minimum atomic E-state index is -1.21. The molecule has 0 aromatic carbocycles. The molecule has 0 radical (unpaired) electrons. The number of urea groups is 1. The molecule has 0 aliphatic carbocycles. The number of nitrogens with zero attached hydrogens (tertiary/aromatic N) is 4. The molecule has 2 saturated heterocycles. The molecule has 2 aliphatic rings. The Morgan fingerprint density at radius 2 is 2.18 bits per heavy atom. The van der Waals surface area contributed by atoms with Gasteiger partial charge in [0.15, 0.2) is 23.2 Å². The number of carbonyl (C=O) groups excluding carboxylic acids is 1. The minimum Gasteiger partial charge on any atom is -0.387 e. The number of anilines is 1. The van der Waals surface area contributed by atoms with Gasteiger partial charge in [0.2, 0.25) is 0 Å². The summed E-state index contributed by atoms with van der Waals surface area (Å²) in [6, 6.07) is -0.250. The van der Waals surface area contributed by atoms with E-state index in [0.717, 1.165) is 6.42 Å². The van der Waals surface area contributed by atoms with Crippen molar-refractivity contribution in [2.24, 2.45) is 0 Å². The molecule has 12 heteroatoms. The summed E-state index contributed by atoms with van der Waals surface area (Å²) < 4.78 is 12.7. The molecule has 2 fully saturated rings. The fraction of sp³-hybridized carbons (Fsp3) is 0.625. The van der Waals surface area contributed by atoms with Crippen LogP contribution in [-0.4, -0.2) is 86.9 Å². The number of amides is 2. The van der Waals surface area contributed by atoms with Gasteiger partial charge in [0.1, 0.15) is 24.6 Å². The normalized spacial score (nSPS) is 29.9. The van der Waals surface area contributed by atoms with E-state index in [9.17, 15) is 15.0 Å². The molecule has 2 amide bonds. The Labute approximate surface area is 160 Å². The van der Waals surface area contributed by atoms with Crippen LogP contribution in [0.2, 0.25) is 0 Å². The van der Waals surface area contributed by atoms with E-state index in [1.54, 1.807) is 4.57 Å². The Morgan fingerprint density at radius 1 is 1.32 bits per heavy atom. The number of imidazole rings is 1. The van der Waals surface area contributed by atoms with Gasteiger partial charge in [-0.15, -0.1) is 0 Å². The average molecular weight is 393 g/mol. The molecule has 0 saturated carbocycles. The standard InChI is InChI=1S/C16H23N7O5/c1-17-16(26)18-4-9-11(24)12(25)15(28-9)23-7-21-10-13(19-6-20-14(10)23)22-8-2-3-27-5-8/h6-9,11-12,15,24-25H,2-5H2,1H3,(H2,17,18,26)(H,19,20,22)/t8-,9-,11+,12-,15-/m1/s1. The number of rotatable bonds is 5. The minimum absolute atomic E-state index is 0.0461. The van der Waals surface area contributed by atoms with Crippen LogP contribution in [0.25, 0.3) is 11.2 Å². The zero-order chi connectivity index (χ0) is 19.7. The van der Waals surface area contributed by atoms with Crippen molar-refractivity contribution >= 4 is 23.0 Å². The maximum Gasteiger partial charge on any atom is 0.314 e. The van der Waals surface area contributed by atoms with Crippen LogP contribution in [0.5, 0.6) is 0 Å². The Kier molecular flexibility index (Phi) is 5.26. The quantitative estimate of drug-likeness (QED) is 0.411. The summed E-state index contributed by atoms with van der Waals surface area (Å²) in [5, 5.41) is 29.0. The monoisotopic (exact) mass is 393 g/mol. The van der Waals surface area contributed by atoms with Crippen molar-refractivity contribution < 1.29 is 24.5 Å². The SMILES string of the molecule is CNC(=O)NC[C@H]1O[C@@H](n2cnc3c(N[C@@H]4CCOC4)ncnc32)[C@H](O)[C@H]1O. The molecule has 4 rings (SSSR count). The van der Waals surface area contributed by atoms with Crippen molar-refractivity contribution in [1.29, 1.82) is 0 Å². The van der Waals surface area contributed by atoms with E-state index in [4.69, 9.17) is 9.47 Å². The lowest BCUT2D eigenvalue weighted by Crippen LogP contribution is -2.42. The molecule has 28 heavy (non-hydrogen) atoms. The maximum absolute atomic E-state index is 11.4. The van der Waals surface area contributed by atoms with Gasteiger partial charge in [-0.3, -0.25) is 4.57 Å². The summed E-state index contributed by atoms with van der Waals surface area (Å²) in [4.78, 5) is 24.2. The van der Waals surface area contributed by atoms with E-state index < -0.39 is 30.6 Å². The van der Waals surface area contributed by atoms with Crippen molar-refractivity contribution in [3.05, 3.63) is 12.7 Å². The van der Waals surface area contributed by atoms with Gasteiger partial charge in [0, 0.05) is 20.2 Å². The predicted octanol–water partition coefficient (Wildman–Crippen LogP) is -1.42. The van der Waals surface area contributed by atoms with Crippen molar-refractivity contribution in [2.45, 2.75) is 37.0 Å². The number of aliphatic hydroxyl groups is 2. The first-order valence-electron chi connectivity index (χ1n) is 9.07. The van der Waals surface area contributed by atoms with Gasteiger partial charge in [0.05, 0.1) is 19.0 Å². The van der Waals surface area contributed by atoms with Crippen LogP contribution in [0.3, 0.4) is 0 Å². The first-order valence-corrected chi connectivity index (χ1v) is 9.07. The van der Waals surface area contributed by atoms with Crippen LogP contribution in [0.15, 0.2) is 12.7 Å². The highest BCUT2D eigenvalue weighted by Crippen LogP contribution is 2.32. The molecule has 4 heterocycles. The van der Waals surface area contributed by atoms with Gasteiger partial charge < -0.3 is 35.6 Å². The molecular formula is C16H23N7O5. The molecule has 5 atom stereocenters. The fourth-order valence-electron chi connectivity index (χ4n) is 3.39. The van der Waals surface area contributed by atoms with E-state index >= 15 is 0 Å². The number of hydrogen-bond acceptors (Lipinski definition) is 9. The Bertz CT molecular complexity index is 840. The highest BCUT2D eigenvalue weighted by molar-refractivity contribution is 5.82. The first-order chi connectivity index (χ1) is 13.6. The van der Waals surface area contributed by atoms with E-state index in [1.807, 2.05) is 0 Å². The summed E-state index contributed by atoms with van der Waals surface area (Å²) in [7, 11) is 1.49. The van der Waals surface area contributed by atoms with Gasteiger partial charge in [-0.05, 0) is 6.42 Å². The van der Waals surface area contributed by atoms with Crippen LogP contribution >= 0.6 is 0 Å². The topological polar surface area (TPSA) is 156 Å². The Balaban J connectivity index is 1.54. The van der Waals surface area contributed by atoms with E-state index in [1.165, 1.54) is 19.7 Å². The van der Waals surface area contributed by atoms with Gasteiger partial charge in [-0.25, -0.2) is 19.7 Å². The van der Waals surface area contributed by atoms with Crippen LogP contribution in [0.1, 0.15) is 12.6 Å². The van der Waals surface area contributed by atoms with Crippen molar-refractivity contribution in [3.63, 3.8) is 0 Å². The molecular weight excluding hydrogens is 370 g/mol. The van der Waals surface area contributed by atoms with Gasteiger partial charge in [0.25, 0.3) is 0 Å². The summed E-state index contributed by atoms with van der Waals surface area (Å²) in [5.74, 6) is 0.574. The average Bonchev–Trinajstić information content (AvgIpc) is 3.42. The van der Waals surface area contributed by atoms with E-state index in [2.05, 4.69) is 30.9 Å².